The lowest BCUT2D eigenvalue weighted by Crippen LogP contribution is -2.59. The number of fused-ring (bicyclic) bond motifs is 2. The predicted octanol–water partition coefficient (Wildman–Crippen LogP) is 5.62. The molecule has 3 fully saturated rings. The zero-order chi connectivity index (χ0) is 52.0. The molecule has 2 aliphatic heterocycles. The van der Waals surface area contributed by atoms with Gasteiger partial charge >= 0.3 is 0 Å². The molecule has 2 N–H and O–H groups in total. The van der Waals surface area contributed by atoms with Gasteiger partial charge in [0, 0.05) is 70.5 Å². The van der Waals surface area contributed by atoms with Crippen molar-refractivity contribution in [1.29, 1.82) is 0 Å². The number of piperidine rings is 1. The number of ether oxygens (including phenoxy) is 5. The molecule has 0 bridgehead atoms. The fraction of sp³-hybridized carbons (Fsp3) is 0.577. The number of benzene rings is 1. The Kier molecular flexibility index (Phi) is 19.9. The Morgan fingerprint density at radius 3 is 2.32 bits per heavy atom. The van der Waals surface area contributed by atoms with Crippen LogP contribution in [0.25, 0.3) is 21.1 Å². The molecule has 4 aromatic heterocycles. The standard InChI is InChI=1S/C52H69ClFN9O10S/c1-35(55-2)50(65)57-47(36-7-5-4-6-8-36)51(66)61-18-20-62(21-19-61)52(67)48-46(53)40-31-37(54)9-10-42(40)63(48)34-45(64)59(3)22-23-68-24-25-69-26-27-70-28-29-71-44-32-39(73-58-44)33-60-16-12-38(13-17-60)72-43-11-15-56-41-14-30-74-49(41)43/h9-11,14-15,30-32,35-36,38,47,55H,4-8,12-13,16-29,33-34H2,1-3H3,(H,57,65)/t35-,47?/m0/s1. The molecule has 5 aromatic rings. The van der Waals surface area contributed by atoms with Crippen LogP contribution in [0.5, 0.6) is 11.6 Å². The maximum Gasteiger partial charge on any atom is 0.272 e. The molecule has 0 spiro atoms. The van der Waals surface area contributed by atoms with Crippen molar-refractivity contribution in [3.05, 3.63) is 70.3 Å². The second kappa shape index (κ2) is 26.9. The third kappa shape index (κ3) is 14.3. The average molecular weight is 1070 g/mol. The highest BCUT2D eigenvalue weighted by molar-refractivity contribution is 7.17. The van der Waals surface area contributed by atoms with E-state index < -0.39 is 23.8 Å². The summed E-state index contributed by atoms with van der Waals surface area (Å²) >= 11 is 8.49. The van der Waals surface area contributed by atoms with Crippen LogP contribution < -0.4 is 20.1 Å². The number of carbonyl (C=O) groups is 4. The first-order valence-electron chi connectivity index (χ1n) is 25.8. The lowest BCUT2D eigenvalue weighted by Gasteiger charge is -2.39. The number of hydrogen-bond donors (Lipinski definition) is 2. The topological polar surface area (TPSA) is 195 Å². The largest absolute Gasteiger partial charge is 0.489 e. The lowest BCUT2D eigenvalue weighted by atomic mass is 9.83. The van der Waals surface area contributed by atoms with Crippen molar-refractivity contribution in [1.82, 2.24) is 44.9 Å². The number of rotatable bonds is 25. The Labute approximate surface area is 439 Å². The van der Waals surface area contributed by atoms with Crippen molar-refractivity contribution in [2.75, 3.05) is 106 Å². The van der Waals surface area contributed by atoms with E-state index in [2.05, 4.69) is 25.7 Å². The predicted molar refractivity (Wildman–Crippen MR) is 277 cm³/mol. The highest BCUT2D eigenvalue weighted by atomic mass is 35.5. The molecule has 6 heterocycles. The van der Waals surface area contributed by atoms with Gasteiger partial charge in [0.2, 0.25) is 17.7 Å². The minimum absolute atomic E-state index is 0.0392. The van der Waals surface area contributed by atoms with Gasteiger partial charge in [-0.3, -0.25) is 29.1 Å². The summed E-state index contributed by atoms with van der Waals surface area (Å²) in [5, 5.41) is 12.4. The zero-order valence-corrected chi connectivity index (χ0v) is 44.1. The molecule has 1 saturated carbocycles. The van der Waals surface area contributed by atoms with Crippen LogP contribution in [0.1, 0.15) is 68.1 Å². The molecular weight excluding hydrogens is 997 g/mol. The fourth-order valence-corrected chi connectivity index (χ4v) is 10.8. The number of aromatic nitrogens is 3. The minimum Gasteiger partial charge on any atom is -0.489 e. The van der Waals surface area contributed by atoms with Gasteiger partial charge < -0.3 is 58.1 Å². The molecule has 2 atom stereocenters. The van der Waals surface area contributed by atoms with Crippen LogP contribution in [0.4, 0.5) is 4.39 Å². The van der Waals surface area contributed by atoms with Crippen LogP contribution in [-0.2, 0) is 41.7 Å². The van der Waals surface area contributed by atoms with Gasteiger partial charge in [-0.25, -0.2) is 4.39 Å². The van der Waals surface area contributed by atoms with E-state index in [9.17, 15) is 23.6 Å². The van der Waals surface area contributed by atoms with Crippen LogP contribution in [0.2, 0.25) is 5.02 Å². The third-order valence-electron chi connectivity index (χ3n) is 14.1. The van der Waals surface area contributed by atoms with Gasteiger partial charge in [-0.15, -0.1) is 11.3 Å². The molecular formula is C52H69ClFN9O10S. The first kappa shape index (κ1) is 54.8. The Hall–Kier alpha value is -5.42. The van der Waals surface area contributed by atoms with Crippen molar-refractivity contribution in [3.8, 4) is 11.6 Å². The first-order valence-corrected chi connectivity index (χ1v) is 27.0. The van der Waals surface area contributed by atoms with E-state index in [4.69, 9.17) is 39.8 Å². The average Bonchev–Trinajstić information content (AvgIpc) is 4.16. The number of likely N-dealkylation sites (tertiary alicyclic amines) is 1. The number of piperazine rings is 1. The molecule has 1 unspecified atom stereocenters. The molecule has 19 nitrogen and oxygen atoms in total. The van der Waals surface area contributed by atoms with Gasteiger partial charge in [0.15, 0.2) is 5.76 Å². The molecule has 2 saturated heterocycles. The summed E-state index contributed by atoms with van der Waals surface area (Å²) in [7, 11) is 3.35. The van der Waals surface area contributed by atoms with E-state index in [0.717, 1.165) is 79.8 Å². The summed E-state index contributed by atoms with van der Waals surface area (Å²) in [6.45, 7) is 7.44. The van der Waals surface area contributed by atoms with E-state index in [-0.39, 0.29) is 86.3 Å². The summed E-state index contributed by atoms with van der Waals surface area (Å²) in [6, 6.07) is 8.70. The SMILES string of the molecule is CN[C@@H](C)C(=O)NC(C(=O)N1CCN(C(=O)c2c(Cl)c3cc(F)ccc3n2CC(=O)N(C)CCOCCOCCOCCOc2cc(CN3CCC(Oc4ccnc5ccsc45)CC3)on2)CC1)C1CCCCC1. The van der Waals surface area contributed by atoms with E-state index in [1.807, 2.05) is 23.6 Å². The number of amides is 4. The molecule has 74 heavy (non-hydrogen) atoms. The number of nitrogens with zero attached hydrogens (tertiary/aromatic N) is 7. The number of nitrogens with one attached hydrogen (secondary N) is 2. The Morgan fingerprint density at radius 1 is 0.892 bits per heavy atom. The van der Waals surface area contributed by atoms with Gasteiger partial charge in [-0.1, -0.05) is 30.9 Å². The molecule has 1 aromatic carbocycles. The van der Waals surface area contributed by atoms with Crippen molar-refractivity contribution in [2.45, 2.75) is 83.1 Å². The fourth-order valence-electron chi connectivity index (χ4n) is 9.69. The summed E-state index contributed by atoms with van der Waals surface area (Å²) in [6.07, 6.45) is 8.64. The molecule has 0 radical (unpaired) electrons. The van der Waals surface area contributed by atoms with Crippen molar-refractivity contribution in [2.24, 2.45) is 5.92 Å². The first-order chi connectivity index (χ1) is 36.0. The lowest BCUT2D eigenvalue weighted by molar-refractivity contribution is -0.140. The number of thiophene rings is 1. The van der Waals surface area contributed by atoms with Gasteiger partial charge in [0.1, 0.15) is 42.6 Å². The Balaban J connectivity index is 0.701. The van der Waals surface area contributed by atoms with Gasteiger partial charge in [0.25, 0.3) is 11.8 Å². The minimum atomic E-state index is -0.648. The third-order valence-corrected chi connectivity index (χ3v) is 15.4. The number of likely N-dealkylation sites (N-methyl/N-ethyl adjacent to an activating group) is 2. The molecule has 22 heteroatoms. The molecule has 8 rings (SSSR count). The number of halogens is 2. The molecule has 1 aliphatic carbocycles. The molecule has 3 aliphatic rings. The van der Waals surface area contributed by atoms with E-state index in [0.29, 0.717) is 63.0 Å². The molecule has 4 amide bonds. The van der Waals surface area contributed by atoms with Crippen LogP contribution in [-0.4, -0.2) is 182 Å². The quantitative estimate of drug-likeness (QED) is 0.0684. The van der Waals surface area contributed by atoms with Crippen LogP contribution >= 0.6 is 22.9 Å². The van der Waals surface area contributed by atoms with Crippen molar-refractivity contribution < 1.29 is 51.8 Å². The van der Waals surface area contributed by atoms with Crippen molar-refractivity contribution in [3.63, 3.8) is 0 Å². The van der Waals surface area contributed by atoms with Gasteiger partial charge in [-0.05, 0) is 86.4 Å². The Morgan fingerprint density at radius 2 is 1.59 bits per heavy atom. The van der Waals surface area contributed by atoms with Crippen LogP contribution in [0.3, 0.4) is 0 Å². The normalized spacial score (nSPS) is 16.9. The highest BCUT2D eigenvalue weighted by Gasteiger charge is 2.37. The van der Waals surface area contributed by atoms with Crippen LogP contribution in [0.15, 0.2) is 52.5 Å². The zero-order valence-electron chi connectivity index (χ0n) is 42.6. The van der Waals surface area contributed by atoms with Crippen molar-refractivity contribution >= 4 is 67.7 Å². The van der Waals surface area contributed by atoms with Crippen LogP contribution in [0, 0.1) is 11.7 Å². The molecule has 402 valence electrons. The number of pyridine rings is 1. The highest BCUT2D eigenvalue weighted by Crippen LogP contribution is 2.34. The maximum absolute atomic E-state index is 14.5. The summed E-state index contributed by atoms with van der Waals surface area (Å²) in [4.78, 5) is 66.4. The van der Waals surface area contributed by atoms with E-state index in [1.54, 1.807) is 48.4 Å². The monoisotopic (exact) mass is 1070 g/mol. The second-order valence-electron chi connectivity index (χ2n) is 19.1. The van der Waals surface area contributed by atoms with E-state index >= 15 is 0 Å². The van der Waals surface area contributed by atoms with E-state index in [1.165, 1.54) is 27.7 Å². The van der Waals surface area contributed by atoms with Gasteiger partial charge in [-0.2, -0.15) is 0 Å². The smallest absolute Gasteiger partial charge is 0.272 e. The number of carbonyl (C=O) groups excluding carboxylic acids is 4. The Bertz CT molecular complexity index is 2650. The van der Waals surface area contributed by atoms with Gasteiger partial charge in [0.05, 0.1) is 73.0 Å². The number of hydrogen-bond acceptors (Lipinski definition) is 15. The second-order valence-corrected chi connectivity index (χ2v) is 20.4. The summed E-state index contributed by atoms with van der Waals surface area (Å²) < 4.78 is 51.8. The summed E-state index contributed by atoms with van der Waals surface area (Å²) in [5.74, 6) is 0.456. The maximum atomic E-state index is 14.5. The summed E-state index contributed by atoms with van der Waals surface area (Å²) in [5.41, 5.74) is 1.48.